The van der Waals surface area contributed by atoms with Crippen LogP contribution in [0.1, 0.15) is 18.1 Å². The van der Waals surface area contributed by atoms with Crippen LogP contribution in [-0.2, 0) is 13.1 Å². The number of imidazole rings is 1. The molecule has 3 rings (SSSR count). The van der Waals surface area contributed by atoms with Gasteiger partial charge in [0.1, 0.15) is 11.3 Å². The van der Waals surface area contributed by atoms with E-state index >= 15 is 0 Å². The van der Waals surface area contributed by atoms with E-state index in [0.717, 1.165) is 17.7 Å². The summed E-state index contributed by atoms with van der Waals surface area (Å²) >= 11 is 0. The zero-order valence-electron chi connectivity index (χ0n) is 17.1. The van der Waals surface area contributed by atoms with Crippen LogP contribution >= 0.6 is 0 Å². The van der Waals surface area contributed by atoms with Crippen molar-refractivity contribution >= 4 is 17.0 Å². The van der Waals surface area contributed by atoms with Gasteiger partial charge in [-0.25, -0.2) is 4.79 Å². The first-order valence-corrected chi connectivity index (χ1v) is 9.67. The third-order valence-corrected chi connectivity index (χ3v) is 4.48. The number of nitrogens with one attached hydrogen (secondary N) is 2. The molecule has 0 aliphatic heterocycles. The average Bonchev–Trinajstić information content (AvgIpc) is 3.05. The van der Waals surface area contributed by atoms with Crippen molar-refractivity contribution in [3.63, 3.8) is 0 Å². The molecule has 30 heavy (non-hydrogen) atoms. The van der Waals surface area contributed by atoms with Crippen LogP contribution in [0.25, 0.3) is 11.2 Å². The Hall–Kier alpha value is -3.37. The number of benzene rings is 1. The Morgan fingerprint density at radius 1 is 1.30 bits per heavy atom. The summed E-state index contributed by atoms with van der Waals surface area (Å²) in [4.78, 5) is 23.6. The molecule has 3 aromatic rings. The number of aromatic amines is 1. The second kappa shape index (κ2) is 9.90. The van der Waals surface area contributed by atoms with E-state index in [9.17, 15) is 4.79 Å². The molecule has 2 aromatic heterocycles. The highest BCUT2D eigenvalue weighted by Crippen LogP contribution is 2.23. The second-order valence-electron chi connectivity index (χ2n) is 6.52. The molecule has 0 saturated heterocycles. The van der Waals surface area contributed by atoms with Gasteiger partial charge in [0.05, 0.1) is 20.3 Å². The maximum Gasteiger partial charge on any atom is 0.328 e. The Bertz CT molecular complexity index is 1090. The van der Waals surface area contributed by atoms with E-state index in [-0.39, 0.29) is 24.1 Å². The third-order valence-electron chi connectivity index (χ3n) is 4.48. The van der Waals surface area contributed by atoms with Crippen LogP contribution in [0.3, 0.4) is 0 Å². The fourth-order valence-electron chi connectivity index (χ4n) is 3.05. The summed E-state index contributed by atoms with van der Waals surface area (Å²) in [6, 6.07) is 6.01. The van der Waals surface area contributed by atoms with Gasteiger partial charge in [0, 0.05) is 25.2 Å². The van der Waals surface area contributed by atoms with Crippen molar-refractivity contribution in [2.24, 2.45) is 5.73 Å². The van der Waals surface area contributed by atoms with Gasteiger partial charge < -0.3 is 31.2 Å². The van der Waals surface area contributed by atoms with Gasteiger partial charge in [-0.15, -0.1) is 0 Å². The Labute approximate surface area is 173 Å². The zero-order chi connectivity index (χ0) is 21.5. The van der Waals surface area contributed by atoms with Crippen LogP contribution in [0.15, 0.2) is 35.1 Å². The van der Waals surface area contributed by atoms with Crippen molar-refractivity contribution in [3.05, 3.63) is 52.0 Å². The number of rotatable bonds is 10. The first kappa shape index (κ1) is 21.3. The highest BCUT2D eigenvalue weighted by Gasteiger charge is 2.16. The molecule has 2 heterocycles. The van der Waals surface area contributed by atoms with E-state index in [1.54, 1.807) is 7.11 Å². The number of nitrogens with zero attached hydrogens (tertiary/aromatic N) is 3. The number of ether oxygens (including phenoxy) is 2. The maximum absolute atomic E-state index is 12.5. The SMILES string of the molecule is CCOc1nc(N)c2[nH]c(=O)n(Cc3ccc(CNC/C=C/CN)cc3OC)c2n1. The minimum absolute atomic E-state index is 0.132. The van der Waals surface area contributed by atoms with E-state index in [1.807, 2.05) is 37.3 Å². The summed E-state index contributed by atoms with van der Waals surface area (Å²) in [5.74, 6) is 0.844. The van der Waals surface area contributed by atoms with Crippen molar-refractivity contribution in [1.82, 2.24) is 24.8 Å². The molecule has 6 N–H and O–H groups in total. The molecule has 0 bridgehead atoms. The van der Waals surface area contributed by atoms with Crippen molar-refractivity contribution in [1.29, 1.82) is 0 Å². The first-order valence-electron chi connectivity index (χ1n) is 9.67. The van der Waals surface area contributed by atoms with Crippen LogP contribution in [0.4, 0.5) is 5.82 Å². The topological polar surface area (TPSA) is 146 Å². The summed E-state index contributed by atoms with van der Waals surface area (Å²) in [6.07, 6.45) is 3.89. The number of hydrogen-bond donors (Lipinski definition) is 4. The first-order chi connectivity index (χ1) is 14.6. The van der Waals surface area contributed by atoms with Gasteiger partial charge in [-0.05, 0) is 18.6 Å². The van der Waals surface area contributed by atoms with E-state index in [2.05, 4.69) is 20.3 Å². The monoisotopic (exact) mass is 413 g/mol. The predicted octanol–water partition coefficient (Wildman–Crippen LogP) is 0.762. The van der Waals surface area contributed by atoms with Crippen LogP contribution in [0.2, 0.25) is 0 Å². The zero-order valence-corrected chi connectivity index (χ0v) is 17.1. The molecule has 10 heteroatoms. The van der Waals surface area contributed by atoms with Gasteiger partial charge in [0.15, 0.2) is 11.5 Å². The maximum atomic E-state index is 12.5. The van der Waals surface area contributed by atoms with E-state index < -0.39 is 0 Å². The number of nitrogen functional groups attached to an aromatic ring is 1. The molecule has 10 nitrogen and oxygen atoms in total. The number of methoxy groups -OCH3 is 1. The highest BCUT2D eigenvalue weighted by atomic mass is 16.5. The van der Waals surface area contributed by atoms with Gasteiger partial charge in [0.2, 0.25) is 0 Å². The van der Waals surface area contributed by atoms with Crippen LogP contribution < -0.4 is 31.9 Å². The fraction of sp³-hybridized carbons (Fsp3) is 0.350. The summed E-state index contributed by atoms with van der Waals surface area (Å²) in [5, 5.41) is 3.31. The molecule has 0 fully saturated rings. The molecular formula is C20H27N7O3. The minimum Gasteiger partial charge on any atom is -0.496 e. The van der Waals surface area contributed by atoms with Gasteiger partial charge in [-0.3, -0.25) is 4.57 Å². The van der Waals surface area contributed by atoms with Gasteiger partial charge in [-0.1, -0.05) is 24.3 Å². The van der Waals surface area contributed by atoms with Crippen molar-refractivity contribution in [2.45, 2.75) is 20.0 Å². The molecule has 160 valence electrons. The van der Waals surface area contributed by atoms with Gasteiger partial charge in [-0.2, -0.15) is 9.97 Å². The number of H-pyrrole nitrogens is 1. The summed E-state index contributed by atoms with van der Waals surface area (Å²) in [7, 11) is 1.60. The van der Waals surface area contributed by atoms with E-state index in [1.165, 1.54) is 4.57 Å². The lowest BCUT2D eigenvalue weighted by Gasteiger charge is -2.12. The molecule has 0 radical (unpaired) electrons. The normalized spacial score (nSPS) is 11.4. The smallest absolute Gasteiger partial charge is 0.328 e. The Balaban J connectivity index is 1.86. The van der Waals surface area contributed by atoms with Crippen molar-refractivity contribution in [2.75, 3.05) is 32.5 Å². The molecule has 0 saturated carbocycles. The molecule has 0 spiro atoms. The molecule has 0 unspecified atom stereocenters. The highest BCUT2D eigenvalue weighted by molar-refractivity contribution is 5.82. The number of nitrogens with two attached hydrogens (primary N) is 2. The van der Waals surface area contributed by atoms with Crippen molar-refractivity contribution < 1.29 is 9.47 Å². The Kier molecular flexibility index (Phi) is 7.04. The molecule has 0 aliphatic carbocycles. The van der Waals surface area contributed by atoms with E-state index in [4.69, 9.17) is 20.9 Å². The Morgan fingerprint density at radius 3 is 2.87 bits per heavy atom. The predicted molar refractivity (Wildman–Crippen MR) is 116 cm³/mol. The minimum atomic E-state index is -0.334. The second-order valence-corrected chi connectivity index (χ2v) is 6.52. The summed E-state index contributed by atoms with van der Waals surface area (Å²) in [6.45, 7) is 4.42. The lowest BCUT2D eigenvalue weighted by atomic mass is 10.1. The van der Waals surface area contributed by atoms with Crippen LogP contribution in [0.5, 0.6) is 11.8 Å². The Morgan fingerprint density at radius 2 is 2.13 bits per heavy atom. The van der Waals surface area contributed by atoms with Gasteiger partial charge in [0.25, 0.3) is 0 Å². The van der Waals surface area contributed by atoms with Crippen LogP contribution in [0, 0.1) is 0 Å². The molecule has 0 amide bonds. The van der Waals surface area contributed by atoms with Crippen molar-refractivity contribution in [3.8, 4) is 11.8 Å². The molecule has 0 aliphatic rings. The van der Waals surface area contributed by atoms with Gasteiger partial charge >= 0.3 is 11.7 Å². The number of fused-ring (bicyclic) bond motifs is 1. The molecule has 0 atom stereocenters. The summed E-state index contributed by atoms with van der Waals surface area (Å²) in [5.41, 5.74) is 13.7. The largest absolute Gasteiger partial charge is 0.496 e. The number of hydrogen-bond acceptors (Lipinski definition) is 8. The summed E-state index contributed by atoms with van der Waals surface area (Å²) < 4.78 is 12.4. The standard InChI is InChI=1S/C20H27N7O3/c1-3-30-19-25-17(22)16-18(26-19)27(20(28)24-16)12-14-7-6-13(10-15(14)29-2)11-23-9-5-4-8-21/h4-7,10,23H,3,8-9,11-12,21H2,1-2H3,(H,24,28)(H2,22,25,26)/b5-4+. The number of aromatic nitrogens is 4. The molecule has 1 aromatic carbocycles. The number of anilines is 1. The third kappa shape index (κ3) is 4.78. The van der Waals surface area contributed by atoms with Crippen LogP contribution in [-0.4, -0.2) is 46.3 Å². The lowest BCUT2D eigenvalue weighted by Crippen LogP contribution is -2.18. The quantitative estimate of drug-likeness (QED) is 0.281. The fourth-order valence-corrected chi connectivity index (χ4v) is 3.05. The van der Waals surface area contributed by atoms with E-state index in [0.29, 0.717) is 36.6 Å². The molecular weight excluding hydrogens is 386 g/mol. The lowest BCUT2D eigenvalue weighted by molar-refractivity contribution is 0.314. The average molecular weight is 413 g/mol.